The lowest BCUT2D eigenvalue weighted by molar-refractivity contribution is -0.131. The molecule has 0 unspecified atom stereocenters. The quantitative estimate of drug-likeness (QED) is 0.783. The SMILES string of the molecule is COc1cccc(NC(=O)C2(C(=O)Nc3ccc(N(C)C)cc3)CC2)c1. The zero-order valence-corrected chi connectivity index (χ0v) is 15.2. The van der Waals surface area contributed by atoms with Gasteiger partial charge in [0.1, 0.15) is 11.2 Å². The van der Waals surface area contributed by atoms with Crippen molar-refractivity contribution in [3.05, 3.63) is 48.5 Å². The predicted octanol–water partition coefficient (Wildman–Crippen LogP) is 3.12. The number of anilines is 3. The van der Waals surface area contributed by atoms with Gasteiger partial charge in [-0.15, -0.1) is 0 Å². The van der Waals surface area contributed by atoms with E-state index in [9.17, 15) is 9.59 Å². The van der Waals surface area contributed by atoms with Gasteiger partial charge in [0.25, 0.3) is 0 Å². The molecule has 0 aromatic heterocycles. The van der Waals surface area contributed by atoms with Gasteiger partial charge in [0, 0.05) is 37.2 Å². The number of amides is 2. The molecule has 0 aliphatic heterocycles. The van der Waals surface area contributed by atoms with Crippen LogP contribution < -0.4 is 20.3 Å². The Labute approximate surface area is 153 Å². The monoisotopic (exact) mass is 353 g/mol. The van der Waals surface area contributed by atoms with E-state index in [0.717, 1.165) is 5.69 Å². The molecule has 2 aromatic carbocycles. The number of benzene rings is 2. The molecule has 136 valence electrons. The molecule has 1 fully saturated rings. The zero-order chi connectivity index (χ0) is 18.7. The van der Waals surface area contributed by atoms with E-state index in [2.05, 4.69) is 10.6 Å². The van der Waals surface area contributed by atoms with Crippen LogP contribution in [0.5, 0.6) is 5.75 Å². The number of hydrogen-bond donors (Lipinski definition) is 2. The fraction of sp³-hybridized carbons (Fsp3) is 0.300. The Kier molecular flexibility index (Phi) is 4.84. The normalized spacial score (nSPS) is 14.3. The van der Waals surface area contributed by atoms with Gasteiger partial charge < -0.3 is 20.3 Å². The summed E-state index contributed by atoms with van der Waals surface area (Å²) in [7, 11) is 5.48. The molecule has 26 heavy (non-hydrogen) atoms. The van der Waals surface area contributed by atoms with Crippen molar-refractivity contribution in [2.24, 2.45) is 5.41 Å². The highest BCUT2D eigenvalue weighted by molar-refractivity contribution is 6.16. The largest absolute Gasteiger partial charge is 0.497 e. The lowest BCUT2D eigenvalue weighted by atomic mass is 10.0. The van der Waals surface area contributed by atoms with Crippen LogP contribution in [0.15, 0.2) is 48.5 Å². The van der Waals surface area contributed by atoms with Crippen LogP contribution in [0.25, 0.3) is 0 Å². The molecule has 0 saturated heterocycles. The summed E-state index contributed by atoms with van der Waals surface area (Å²) in [5.41, 5.74) is 1.34. The molecule has 1 saturated carbocycles. The van der Waals surface area contributed by atoms with Crippen LogP contribution in [-0.2, 0) is 9.59 Å². The van der Waals surface area contributed by atoms with Crippen LogP contribution in [0.3, 0.4) is 0 Å². The average molecular weight is 353 g/mol. The van der Waals surface area contributed by atoms with Gasteiger partial charge in [0.15, 0.2) is 0 Å². The summed E-state index contributed by atoms with van der Waals surface area (Å²) < 4.78 is 5.16. The summed E-state index contributed by atoms with van der Waals surface area (Å²) in [5.74, 6) is 0.0988. The Morgan fingerprint density at radius 3 is 2.12 bits per heavy atom. The Balaban J connectivity index is 1.67. The van der Waals surface area contributed by atoms with E-state index in [4.69, 9.17) is 4.74 Å². The van der Waals surface area contributed by atoms with Crippen molar-refractivity contribution in [3.63, 3.8) is 0 Å². The van der Waals surface area contributed by atoms with E-state index in [1.807, 2.05) is 43.3 Å². The molecule has 0 bridgehead atoms. The van der Waals surface area contributed by atoms with E-state index in [0.29, 0.717) is 30.0 Å². The number of nitrogens with one attached hydrogen (secondary N) is 2. The number of rotatable bonds is 6. The molecule has 6 nitrogen and oxygen atoms in total. The van der Waals surface area contributed by atoms with E-state index in [1.165, 1.54) is 0 Å². The Bertz CT molecular complexity index is 811. The third kappa shape index (κ3) is 3.64. The molecule has 0 radical (unpaired) electrons. The fourth-order valence-electron chi connectivity index (χ4n) is 2.73. The molecule has 0 heterocycles. The second-order valence-corrected chi connectivity index (χ2v) is 6.66. The lowest BCUT2D eigenvalue weighted by Gasteiger charge is -2.17. The number of nitrogens with zero attached hydrogens (tertiary/aromatic N) is 1. The third-order valence-electron chi connectivity index (χ3n) is 4.59. The van der Waals surface area contributed by atoms with Gasteiger partial charge in [0.05, 0.1) is 7.11 Å². The minimum Gasteiger partial charge on any atom is -0.497 e. The summed E-state index contributed by atoms with van der Waals surface area (Å²) in [6, 6.07) is 14.6. The molecule has 3 rings (SSSR count). The van der Waals surface area contributed by atoms with Crippen molar-refractivity contribution in [2.75, 3.05) is 36.7 Å². The van der Waals surface area contributed by atoms with Gasteiger partial charge >= 0.3 is 0 Å². The third-order valence-corrected chi connectivity index (χ3v) is 4.59. The maximum absolute atomic E-state index is 12.7. The van der Waals surface area contributed by atoms with Crippen LogP contribution in [0.1, 0.15) is 12.8 Å². The molecular formula is C20H23N3O3. The van der Waals surface area contributed by atoms with E-state index in [-0.39, 0.29) is 11.8 Å². The lowest BCUT2D eigenvalue weighted by Crippen LogP contribution is -2.35. The smallest absolute Gasteiger partial charge is 0.240 e. The Morgan fingerprint density at radius 1 is 0.962 bits per heavy atom. The van der Waals surface area contributed by atoms with Crippen molar-refractivity contribution in [1.29, 1.82) is 0 Å². The average Bonchev–Trinajstić information content (AvgIpc) is 3.44. The first-order valence-electron chi connectivity index (χ1n) is 8.49. The predicted molar refractivity (Wildman–Crippen MR) is 103 cm³/mol. The molecule has 6 heteroatoms. The molecular weight excluding hydrogens is 330 g/mol. The topological polar surface area (TPSA) is 70.7 Å². The van der Waals surface area contributed by atoms with Crippen LogP contribution in [-0.4, -0.2) is 33.0 Å². The Hall–Kier alpha value is -3.02. The maximum atomic E-state index is 12.7. The van der Waals surface area contributed by atoms with E-state index < -0.39 is 5.41 Å². The van der Waals surface area contributed by atoms with Crippen LogP contribution in [0, 0.1) is 5.41 Å². The van der Waals surface area contributed by atoms with Gasteiger partial charge in [-0.05, 0) is 49.2 Å². The highest BCUT2D eigenvalue weighted by Gasteiger charge is 2.56. The van der Waals surface area contributed by atoms with Crippen LogP contribution in [0.2, 0.25) is 0 Å². The van der Waals surface area contributed by atoms with Crippen LogP contribution >= 0.6 is 0 Å². The van der Waals surface area contributed by atoms with Gasteiger partial charge in [-0.3, -0.25) is 9.59 Å². The summed E-state index contributed by atoms with van der Waals surface area (Å²) in [6.07, 6.45) is 1.09. The van der Waals surface area contributed by atoms with Crippen molar-refractivity contribution in [1.82, 2.24) is 0 Å². The van der Waals surface area contributed by atoms with Gasteiger partial charge in [-0.1, -0.05) is 6.07 Å². The van der Waals surface area contributed by atoms with E-state index >= 15 is 0 Å². The van der Waals surface area contributed by atoms with Crippen molar-refractivity contribution in [3.8, 4) is 5.75 Å². The highest BCUT2D eigenvalue weighted by atomic mass is 16.5. The van der Waals surface area contributed by atoms with Gasteiger partial charge in [0.2, 0.25) is 11.8 Å². The summed E-state index contributed by atoms with van der Waals surface area (Å²) in [5, 5.41) is 5.68. The molecule has 2 N–H and O–H groups in total. The van der Waals surface area contributed by atoms with Crippen LogP contribution in [0.4, 0.5) is 17.1 Å². The van der Waals surface area contributed by atoms with Crippen molar-refractivity contribution >= 4 is 28.9 Å². The van der Waals surface area contributed by atoms with Crippen molar-refractivity contribution in [2.45, 2.75) is 12.8 Å². The highest BCUT2D eigenvalue weighted by Crippen LogP contribution is 2.47. The first kappa shape index (κ1) is 17.8. The number of carbonyl (C=O) groups is 2. The summed E-state index contributed by atoms with van der Waals surface area (Å²) >= 11 is 0. The summed E-state index contributed by atoms with van der Waals surface area (Å²) in [4.78, 5) is 27.3. The number of carbonyl (C=O) groups excluding carboxylic acids is 2. The fourth-order valence-corrected chi connectivity index (χ4v) is 2.73. The van der Waals surface area contributed by atoms with Gasteiger partial charge in [-0.25, -0.2) is 0 Å². The minimum atomic E-state index is -0.997. The molecule has 0 atom stereocenters. The number of ether oxygens (including phenoxy) is 1. The van der Waals surface area contributed by atoms with Crippen molar-refractivity contribution < 1.29 is 14.3 Å². The second kappa shape index (κ2) is 7.07. The molecule has 0 spiro atoms. The molecule has 2 amide bonds. The number of methoxy groups -OCH3 is 1. The zero-order valence-electron chi connectivity index (χ0n) is 15.2. The first-order valence-corrected chi connectivity index (χ1v) is 8.49. The van der Waals surface area contributed by atoms with E-state index in [1.54, 1.807) is 31.4 Å². The number of hydrogen-bond acceptors (Lipinski definition) is 4. The standard InChI is InChI=1S/C20H23N3O3/c1-23(2)16-9-7-14(8-10-16)21-18(24)20(11-12-20)19(25)22-15-5-4-6-17(13-15)26-3/h4-10,13H,11-12H2,1-3H3,(H,21,24)(H,22,25). The minimum absolute atomic E-state index is 0.268. The maximum Gasteiger partial charge on any atom is 0.240 e. The first-order chi connectivity index (χ1) is 12.4. The molecule has 1 aliphatic rings. The Morgan fingerprint density at radius 2 is 1.58 bits per heavy atom. The summed E-state index contributed by atoms with van der Waals surface area (Å²) in [6.45, 7) is 0. The molecule has 2 aromatic rings. The molecule has 1 aliphatic carbocycles. The second-order valence-electron chi connectivity index (χ2n) is 6.66. The van der Waals surface area contributed by atoms with Gasteiger partial charge in [-0.2, -0.15) is 0 Å².